The summed E-state index contributed by atoms with van der Waals surface area (Å²) in [6, 6.07) is 6.13. The lowest BCUT2D eigenvalue weighted by Gasteiger charge is -2.25. The van der Waals surface area contributed by atoms with E-state index in [2.05, 4.69) is 6.92 Å². The molecule has 4 heteroatoms. The van der Waals surface area contributed by atoms with Crippen molar-refractivity contribution in [3.8, 4) is 0 Å². The molecule has 0 bridgehead atoms. The van der Waals surface area contributed by atoms with Gasteiger partial charge in [-0.3, -0.25) is 4.79 Å². The summed E-state index contributed by atoms with van der Waals surface area (Å²) in [5.41, 5.74) is 0.661. The summed E-state index contributed by atoms with van der Waals surface area (Å²) in [6.07, 6.45) is 2.29. The van der Waals surface area contributed by atoms with E-state index in [1.807, 2.05) is 4.90 Å². The first-order valence-corrected chi connectivity index (χ1v) is 7.30. The van der Waals surface area contributed by atoms with Gasteiger partial charge in [0.25, 0.3) is 0 Å². The normalized spacial score (nSPS) is 26.1. The van der Waals surface area contributed by atoms with Crippen LogP contribution in [-0.2, 0) is 4.79 Å². The van der Waals surface area contributed by atoms with Crippen LogP contribution in [0, 0.1) is 17.7 Å². The van der Waals surface area contributed by atoms with Crippen molar-refractivity contribution in [2.75, 3.05) is 6.54 Å². The minimum Gasteiger partial charge on any atom is -0.387 e. The molecule has 20 heavy (non-hydrogen) atoms. The zero-order valence-corrected chi connectivity index (χ0v) is 11.6. The summed E-state index contributed by atoms with van der Waals surface area (Å²) in [7, 11) is 0. The van der Waals surface area contributed by atoms with Crippen LogP contribution in [0.3, 0.4) is 0 Å². The molecule has 3 nitrogen and oxygen atoms in total. The lowest BCUT2D eigenvalue weighted by molar-refractivity contribution is -0.135. The largest absolute Gasteiger partial charge is 0.387 e. The third kappa shape index (κ3) is 2.85. The number of nitrogens with zero attached hydrogens (tertiary/aromatic N) is 1. The van der Waals surface area contributed by atoms with Gasteiger partial charge in [-0.05, 0) is 42.9 Å². The Labute approximate surface area is 118 Å². The van der Waals surface area contributed by atoms with E-state index in [0.717, 1.165) is 19.3 Å². The average Bonchev–Trinajstić information content (AvgIpc) is 3.32. The van der Waals surface area contributed by atoms with E-state index in [1.165, 1.54) is 12.1 Å². The van der Waals surface area contributed by atoms with Crippen LogP contribution >= 0.6 is 0 Å². The van der Waals surface area contributed by atoms with E-state index in [9.17, 15) is 14.3 Å². The monoisotopic (exact) mass is 277 g/mol. The van der Waals surface area contributed by atoms with Gasteiger partial charge < -0.3 is 10.0 Å². The quantitative estimate of drug-likeness (QED) is 0.898. The van der Waals surface area contributed by atoms with Gasteiger partial charge >= 0.3 is 0 Å². The molecule has 3 atom stereocenters. The number of aliphatic hydroxyl groups excluding tert-OH is 1. The molecule has 0 aliphatic heterocycles. The number of carbonyl (C=O) groups is 1. The molecule has 0 spiro atoms. The van der Waals surface area contributed by atoms with Crippen molar-refractivity contribution in [1.29, 1.82) is 0 Å². The Kier molecular flexibility index (Phi) is 3.50. The molecule has 2 fully saturated rings. The molecule has 1 aromatic rings. The number of rotatable bonds is 5. The fourth-order valence-corrected chi connectivity index (χ4v) is 2.66. The van der Waals surface area contributed by atoms with Crippen molar-refractivity contribution in [3.63, 3.8) is 0 Å². The topological polar surface area (TPSA) is 40.5 Å². The highest BCUT2D eigenvalue weighted by Gasteiger charge is 2.45. The fourth-order valence-electron chi connectivity index (χ4n) is 2.66. The van der Waals surface area contributed by atoms with Crippen LogP contribution < -0.4 is 0 Å². The molecule has 0 aromatic heterocycles. The average molecular weight is 277 g/mol. The highest BCUT2D eigenvalue weighted by molar-refractivity contribution is 5.82. The Balaban J connectivity index is 1.67. The van der Waals surface area contributed by atoms with Crippen molar-refractivity contribution in [1.82, 2.24) is 4.90 Å². The van der Waals surface area contributed by atoms with Gasteiger partial charge in [-0.15, -0.1) is 0 Å². The molecule has 108 valence electrons. The number of amides is 1. The van der Waals surface area contributed by atoms with Crippen molar-refractivity contribution in [3.05, 3.63) is 35.6 Å². The predicted molar refractivity (Wildman–Crippen MR) is 73.4 cm³/mol. The lowest BCUT2D eigenvalue weighted by Crippen LogP contribution is -2.38. The summed E-state index contributed by atoms with van der Waals surface area (Å²) in [6.45, 7) is 2.41. The van der Waals surface area contributed by atoms with Gasteiger partial charge in [-0.1, -0.05) is 19.1 Å². The molecule has 1 amide bonds. The van der Waals surface area contributed by atoms with E-state index >= 15 is 0 Å². The van der Waals surface area contributed by atoms with Crippen LogP contribution in [0.1, 0.15) is 37.9 Å². The smallest absolute Gasteiger partial charge is 0.226 e. The van der Waals surface area contributed by atoms with Crippen LogP contribution in [0.15, 0.2) is 24.3 Å². The van der Waals surface area contributed by atoms with Crippen LogP contribution in [0.4, 0.5) is 4.39 Å². The van der Waals surface area contributed by atoms with Gasteiger partial charge in [-0.2, -0.15) is 0 Å². The van der Waals surface area contributed by atoms with E-state index in [1.54, 1.807) is 12.1 Å². The second kappa shape index (κ2) is 5.17. The molecule has 0 radical (unpaired) electrons. The van der Waals surface area contributed by atoms with Gasteiger partial charge in [0.15, 0.2) is 0 Å². The molecule has 0 saturated heterocycles. The maximum absolute atomic E-state index is 12.9. The fraction of sp³-hybridized carbons (Fsp3) is 0.562. The Morgan fingerprint density at radius 1 is 1.40 bits per heavy atom. The summed E-state index contributed by atoms with van der Waals surface area (Å²) < 4.78 is 12.9. The van der Waals surface area contributed by atoms with E-state index in [0.29, 0.717) is 24.1 Å². The van der Waals surface area contributed by atoms with Crippen molar-refractivity contribution < 1.29 is 14.3 Å². The summed E-state index contributed by atoms with van der Waals surface area (Å²) in [4.78, 5) is 14.2. The molecule has 2 aliphatic carbocycles. The van der Waals surface area contributed by atoms with E-state index < -0.39 is 6.10 Å². The number of aliphatic hydroxyl groups is 1. The first-order chi connectivity index (χ1) is 9.56. The molecule has 0 heterocycles. The standard InChI is InChI=1S/C16H20FNO2/c1-10-8-14(10)16(20)18(13-6-7-13)9-15(19)11-2-4-12(17)5-3-11/h2-5,10,13-15,19H,6-9H2,1H3. The molecular weight excluding hydrogens is 257 g/mol. The molecule has 1 aromatic carbocycles. The maximum Gasteiger partial charge on any atom is 0.226 e. The molecular formula is C16H20FNO2. The first-order valence-electron chi connectivity index (χ1n) is 7.30. The highest BCUT2D eigenvalue weighted by atomic mass is 19.1. The first kappa shape index (κ1) is 13.6. The van der Waals surface area contributed by atoms with Crippen molar-refractivity contribution >= 4 is 5.91 Å². The molecule has 3 rings (SSSR count). The molecule has 2 saturated carbocycles. The van der Waals surface area contributed by atoms with Gasteiger partial charge in [0.2, 0.25) is 5.91 Å². The van der Waals surface area contributed by atoms with Crippen LogP contribution in [0.2, 0.25) is 0 Å². The lowest BCUT2D eigenvalue weighted by atomic mass is 10.1. The Morgan fingerprint density at radius 2 is 2.00 bits per heavy atom. The maximum atomic E-state index is 12.9. The number of carbonyl (C=O) groups excluding carboxylic acids is 1. The van der Waals surface area contributed by atoms with Crippen LogP contribution in [0.25, 0.3) is 0 Å². The predicted octanol–water partition coefficient (Wildman–Crippen LogP) is 2.51. The number of hydrogen-bond acceptors (Lipinski definition) is 2. The van der Waals surface area contributed by atoms with Crippen molar-refractivity contribution in [2.24, 2.45) is 11.8 Å². The molecule has 1 N–H and O–H groups in total. The van der Waals surface area contributed by atoms with E-state index in [-0.39, 0.29) is 17.6 Å². The molecule has 3 unspecified atom stereocenters. The zero-order chi connectivity index (χ0) is 14.3. The molecule has 2 aliphatic rings. The Bertz CT molecular complexity index is 498. The Morgan fingerprint density at radius 3 is 2.50 bits per heavy atom. The summed E-state index contributed by atoms with van der Waals surface area (Å²) in [5.74, 6) is 0.492. The number of hydrogen-bond donors (Lipinski definition) is 1. The van der Waals surface area contributed by atoms with Crippen LogP contribution in [0.5, 0.6) is 0 Å². The Hall–Kier alpha value is -1.42. The number of halogens is 1. The minimum absolute atomic E-state index is 0.149. The summed E-state index contributed by atoms with van der Waals surface area (Å²) >= 11 is 0. The van der Waals surface area contributed by atoms with Gasteiger partial charge in [-0.25, -0.2) is 4.39 Å². The number of benzene rings is 1. The third-order valence-electron chi connectivity index (χ3n) is 4.32. The second-order valence-electron chi connectivity index (χ2n) is 6.11. The third-order valence-corrected chi connectivity index (χ3v) is 4.32. The SMILES string of the molecule is CC1CC1C(=O)N(CC(O)c1ccc(F)cc1)C1CC1. The van der Waals surface area contributed by atoms with Gasteiger partial charge in [0, 0.05) is 12.0 Å². The zero-order valence-electron chi connectivity index (χ0n) is 11.6. The second-order valence-corrected chi connectivity index (χ2v) is 6.11. The minimum atomic E-state index is -0.741. The highest BCUT2D eigenvalue weighted by Crippen LogP contribution is 2.42. The van der Waals surface area contributed by atoms with Crippen LogP contribution in [-0.4, -0.2) is 28.5 Å². The van der Waals surface area contributed by atoms with Gasteiger partial charge in [0.1, 0.15) is 5.82 Å². The van der Waals surface area contributed by atoms with Crippen molar-refractivity contribution in [2.45, 2.75) is 38.3 Å². The van der Waals surface area contributed by atoms with E-state index in [4.69, 9.17) is 0 Å². The van der Waals surface area contributed by atoms with Gasteiger partial charge in [0.05, 0.1) is 12.6 Å². The summed E-state index contributed by atoms with van der Waals surface area (Å²) in [5, 5.41) is 10.3.